The molecule has 0 atom stereocenters. The van der Waals surface area contributed by atoms with Crippen molar-refractivity contribution in [2.75, 3.05) is 0 Å². The van der Waals surface area contributed by atoms with Crippen LogP contribution in [-0.2, 0) is 6.54 Å². The first kappa shape index (κ1) is 17.5. The predicted molar refractivity (Wildman–Crippen MR) is 110 cm³/mol. The highest BCUT2D eigenvalue weighted by molar-refractivity contribution is 7.07. The third kappa shape index (κ3) is 4.10. The second kappa shape index (κ2) is 8.20. The molecule has 0 spiro atoms. The number of rotatable bonds is 5. The highest BCUT2D eigenvalue weighted by Gasteiger charge is 2.10. The molecule has 4 rings (SSSR count). The van der Waals surface area contributed by atoms with E-state index in [1.807, 2.05) is 60.0 Å². The second-order valence-electron chi connectivity index (χ2n) is 5.76. The summed E-state index contributed by atoms with van der Waals surface area (Å²) in [5.74, 6) is 0.740. The lowest BCUT2D eigenvalue weighted by molar-refractivity contribution is 0.575. The molecule has 0 aliphatic heterocycles. The summed E-state index contributed by atoms with van der Waals surface area (Å²) in [4.78, 5) is 5.52. The number of benzene rings is 2. The van der Waals surface area contributed by atoms with Crippen LogP contribution in [-0.4, -0.2) is 10.9 Å². The zero-order valence-corrected chi connectivity index (χ0v) is 15.9. The van der Waals surface area contributed by atoms with E-state index in [0.29, 0.717) is 11.6 Å². The van der Waals surface area contributed by atoms with Crippen LogP contribution in [0.2, 0.25) is 5.02 Å². The fraction of sp³-hybridized carbons (Fsp3) is 0.0476. The van der Waals surface area contributed by atoms with Crippen molar-refractivity contribution in [2.45, 2.75) is 6.54 Å². The van der Waals surface area contributed by atoms with Gasteiger partial charge in [-0.2, -0.15) is 5.10 Å². The molecule has 2 heterocycles. The van der Waals surface area contributed by atoms with Gasteiger partial charge in [0, 0.05) is 16.0 Å². The van der Waals surface area contributed by atoms with E-state index >= 15 is 0 Å². The molecule has 0 unspecified atom stereocenters. The molecule has 0 radical (unpaired) electrons. The van der Waals surface area contributed by atoms with Crippen molar-refractivity contribution in [3.63, 3.8) is 0 Å². The van der Waals surface area contributed by atoms with Crippen molar-refractivity contribution in [1.82, 2.24) is 4.68 Å². The van der Waals surface area contributed by atoms with Crippen molar-refractivity contribution in [3.8, 4) is 11.5 Å². The Morgan fingerprint density at radius 3 is 2.59 bits per heavy atom. The van der Waals surface area contributed by atoms with Crippen molar-refractivity contribution in [3.05, 3.63) is 99.3 Å². The van der Waals surface area contributed by atoms with Crippen LogP contribution in [0.25, 0.3) is 11.5 Å². The molecule has 0 saturated carbocycles. The smallest absolute Gasteiger partial charge is 0.206 e. The largest absolute Gasteiger partial charge is 0.463 e. The molecular formula is C21H16ClN3OS. The number of nitrogens with zero attached hydrogens (tertiary/aromatic N) is 3. The number of hydrogen-bond donors (Lipinski definition) is 0. The van der Waals surface area contributed by atoms with E-state index in [-0.39, 0.29) is 0 Å². The molecule has 0 N–H and O–H groups in total. The van der Waals surface area contributed by atoms with E-state index in [2.05, 4.69) is 17.2 Å². The van der Waals surface area contributed by atoms with Crippen LogP contribution in [0.4, 0.5) is 0 Å². The summed E-state index contributed by atoms with van der Waals surface area (Å²) < 4.78 is 7.34. The Hall–Kier alpha value is -2.89. The SMILES string of the molecule is Clc1ccccc1C=Nn1c(-c2ccco2)csc1=NCc1ccccc1. The Kier molecular flexibility index (Phi) is 5.32. The van der Waals surface area contributed by atoms with Gasteiger partial charge in [-0.15, -0.1) is 11.3 Å². The van der Waals surface area contributed by atoms with E-state index in [1.165, 1.54) is 11.3 Å². The van der Waals surface area contributed by atoms with Crippen LogP contribution in [0, 0.1) is 0 Å². The Morgan fingerprint density at radius 2 is 1.81 bits per heavy atom. The molecule has 4 aromatic rings. The highest BCUT2D eigenvalue weighted by Crippen LogP contribution is 2.21. The van der Waals surface area contributed by atoms with E-state index < -0.39 is 0 Å². The van der Waals surface area contributed by atoms with Crippen LogP contribution < -0.4 is 4.80 Å². The summed E-state index contributed by atoms with van der Waals surface area (Å²) in [6, 6.07) is 21.5. The molecule has 0 aliphatic rings. The Balaban J connectivity index is 1.75. The first-order valence-corrected chi connectivity index (χ1v) is 9.65. The lowest BCUT2D eigenvalue weighted by Gasteiger charge is -2.01. The summed E-state index contributed by atoms with van der Waals surface area (Å²) in [6.45, 7) is 0.584. The molecule has 0 bridgehead atoms. The van der Waals surface area contributed by atoms with Gasteiger partial charge in [-0.1, -0.05) is 60.1 Å². The fourth-order valence-corrected chi connectivity index (χ4v) is 3.56. The first-order chi connectivity index (χ1) is 13.3. The molecule has 0 saturated heterocycles. The van der Waals surface area contributed by atoms with Crippen LogP contribution in [0.1, 0.15) is 11.1 Å². The minimum atomic E-state index is 0.584. The maximum atomic E-state index is 6.24. The van der Waals surface area contributed by atoms with Gasteiger partial charge in [0.05, 0.1) is 19.0 Å². The Labute approximate surface area is 165 Å². The van der Waals surface area contributed by atoms with E-state index in [1.54, 1.807) is 17.2 Å². The molecular weight excluding hydrogens is 378 g/mol. The Bertz CT molecular complexity index is 1110. The molecule has 0 amide bonds. The predicted octanol–water partition coefficient (Wildman–Crippen LogP) is 5.45. The quantitative estimate of drug-likeness (QED) is 0.416. The lowest BCUT2D eigenvalue weighted by Crippen LogP contribution is -2.12. The minimum absolute atomic E-state index is 0.584. The molecule has 0 fully saturated rings. The average Bonchev–Trinajstić information content (AvgIpc) is 3.36. The van der Waals surface area contributed by atoms with Gasteiger partial charge in [0.25, 0.3) is 0 Å². The van der Waals surface area contributed by atoms with Crippen LogP contribution in [0.5, 0.6) is 0 Å². The third-order valence-corrected chi connectivity index (χ3v) is 5.11. The standard InChI is InChI=1S/C21H16ClN3OS/c22-18-10-5-4-9-17(18)14-24-25-19(20-11-6-12-26-20)15-27-21(25)23-13-16-7-2-1-3-8-16/h1-12,14-15H,13H2. The van der Waals surface area contributed by atoms with Gasteiger partial charge >= 0.3 is 0 Å². The number of furan rings is 1. The fourth-order valence-electron chi connectivity index (χ4n) is 2.56. The molecule has 0 aliphatic carbocycles. The summed E-state index contributed by atoms with van der Waals surface area (Å²) in [6.07, 6.45) is 3.39. The number of thiazole rings is 1. The minimum Gasteiger partial charge on any atom is -0.463 e. The normalized spacial score (nSPS) is 12.1. The van der Waals surface area contributed by atoms with E-state index in [4.69, 9.17) is 21.0 Å². The van der Waals surface area contributed by atoms with Crippen molar-refractivity contribution < 1.29 is 4.42 Å². The van der Waals surface area contributed by atoms with Gasteiger partial charge in [0.2, 0.25) is 4.80 Å². The first-order valence-electron chi connectivity index (χ1n) is 8.39. The van der Waals surface area contributed by atoms with Crippen molar-refractivity contribution in [2.24, 2.45) is 10.1 Å². The molecule has 27 heavy (non-hydrogen) atoms. The van der Waals surface area contributed by atoms with Gasteiger partial charge < -0.3 is 4.42 Å². The Morgan fingerprint density at radius 1 is 1.00 bits per heavy atom. The number of hydrogen-bond acceptors (Lipinski definition) is 4. The summed E-state index contributed by atoms with van der Waals surface area (Å²) in [5, 5.41) is 7.27. The molecule has 2 aromatic heterocycles. The average molecular weight is 394 g/mol. The van der Waals surface area contributed by atoms with Gasteiger partial charge in [-0.25, -0.2) is 4.68 Å². The van der Waals surface area contributed by atoms with Gasteiger partial charge in [0.1, 0.15) is 5.69 Å². The zero-order valence-electron chi connectivity index (χ0n) is 14.3. The summed E-state index contributed by atoms with van der Waals surface area (Å²) in [5.41, 5.74) is 2.84. The van der Waals surface area contributed by atoms with Crippen molar-refractivity contribution in [1.29, 1.82) is 0 Å². The van der Waals surface area contributed by atoms with Gasteiger partial charge in [0.15, 0.2) is 5.76 Å². The highest BCUT2D eigenvalue weighted by atomic mass is 35.5. The molecule has 134 valence electrons. The maximum Gasteiger partial charge on any atom is 0.206 e. The molecule has 6 heteroatoms. The topological polar surface area (TPSA) is 42.8 Å². The number of aromatic nitrogens is 1. The second-order valence-corrected chi connectivity index (χ2v) is 7.00. The zero-order chi connectivity index (χ0) is 18.5. The lowest BCUT2D eigenvalue weighted by atomic mass is 10.2. The third-order valence-electron chi connectivity index (χ3n) is 3.92. The van der Waals surface area contributed by atoms with Gasteiger partial charge in [-0.05, 0) is 23.8 Å². The summed E-state index contributed by atoms with van der Waals surface area (Å²) >= 11 is 7.77. The van der Waals surface area contributed by atoms with Crippen LogP contribution >= 0.6 is 22.9 Å². The number of halogens is 1. The summed E-state index contributed by atoms with van der Waals surface area (Å²) in [7, 11) is 0. The van der Waals surface area contributed by atoms with E-state index in [0.717, 1.165) is 27.4 Å². The van der Waals surface area contributed by atoms with Crippen molar-refractivity contribution >= 4 is 29.2 Å². The van der Waals surface area contributed by atoms with Gasteiger partial charge in [-0.3, -0.25) is 4.99 Å². The maximum absolute atomic E-state index is 6.24. The monoisotopic (exact) mass is 393 g/mol. The van der Waals surface area contributed by atoms with Crippen LogP contribution in [0.15, 0.2) is 92.9 Å². The van der Waals surface area contributed by atoms with Crippen LogP contribution in [0.3, 0.4) is 0 Å². The molecule has 4 nitrogen and oxygen atoms in total. The van der Waals surface area contributed by atoms with E-state index in [9.17, 15) is 0 Å². The molecule has 2 aromatic carbocycles.